The number of barbiturate groups is 1. The molecule has 1 heterocycles. The van der Waals surface area contributed by atoms with Gasteiger partial charge in [0.05, 0.1) is 16.8 Å². The largest absolute Gasteiger partial charge is 0.508 e. The van der Waals surface area contributed by atoms with Gasteiger partial charge in [-0.1, -0.05) is 6.07 Å². The average Bonchev–Trinajstić information content (AvgIpc) is 2.89. The molecule has 10 nitrogen and oxygen atoms in total. The smallest absolute Gasteiger partial charge is 0.335 e. The van der Waals surface area contributed by atoms with Crippen LogP contribution in [0.5, 0.6) is 17.2 Å². The molecule has 5 amide bonds. The molecule has 3 N–H and O–H groups in total. The number of aryl methyl sites for hydroxylation is 2. The maximum absolute atomic E-state index is 13.2. The fraction of sp³-hybridized carbons (Fsp3) is 0.172. The van der Waals surface area contributed by atoms with Gasteiger partial charge in [0, 0.05) is 5.69 Å². The van der Waals surface area contributed by atoms with Gasteiger partial charge in [-0.25, -0.2) is 9.69 Å². The van der Waals surface area contributed by atoms with Crippen LogP contribution in [0.3, 0.4) is 0 Å². The summed E-state index contributed by atoms with van der Waals surface area (Å²) in [5.74, 6) is -1.57. The van der Waals surface area contributed by atoms with Gasteiger partial charge < -0.3 is 19.9 Å². The number of aromatic hydroxyl groups is 1. The van der Waals surface area contributed by atoms with Gasteiger partial charge in [-0.05, 0) is 108 Å². The van der Waals surface area contributed by atoms with Crippen LogP contribution in [0.15, 0.2) is 64.6 Å². The minimum atomic E-state index is -0.906. The van der Waals surface area contributed by atoms with E-state index < -0.39 is 17.8 Å². The molecule has 206 valence electrons. The maximum Gasteiger partial charge on any atom is 0.335 e. The van der Waals surface area contributed by atoms with Crippen molar-refractivity contribution < 1.29 is 33.8 Å². The van der Waals surface area contributed by atoms with Crippen molar-refractivity contribution in [1.82, 2.24) is 5.32 Å². The third kappa shape index (κ3) is 6.32. The summed E-state index contributed by atoms with van der Waals surface area (Å²) in [5.41, 5.74) is 3.10. The summed E-state index contributed by atoms with van der Waals surface area (Å²) in [7, 11) is 0. The highest BCUT2D eigenvalue weighted by molar-refractivity contribution is 9.10. The highest BCUT2D eigenvalue weighted by atomic mass is 79.9. The first-order valence-electron chi connectivity index (χ1n) is 12.2. The van der Waals surface area contributed by atoms with Crippen LogP contribution in [0.25, 0.3) is 6.08 Å². The number of rotatable bonds is 8. The number of amides is 5. The van der Waals surface area contributed by atoms with Crippen molar-refractivity contribution in [2.75, 3.05) is 23.4 Å². The lowest BCUT2D eigenvalue weighted by Gasteiger charge is -2.26. The Morgan fingerprint density at radius 2 is 1.75 bits per heavy atom. The van der Waals surface area contributed by atoms with Gasteiger partial charge in [0.25, 0.3) is 17.7 Å². The normalized spacial score (nSPS) is 14.2. The summed E-state index contributed by atoms with van der Waals surface area (Å²) in [6.45, 7) is 5.70. The number of phenolic OH excluding ortho intramolecular Hbond substituents is 1. The zero-order valence-electron chi connectivity index (χ0n) is 21.9. The Labute approximate surface area is 238 Å². The van der Waals surface area contributed by atoms with Gasteiger partial charge in [0.1, 0.15) is 11.3 Å². The van der Waals surface area contributed by atoms with Gasteiger partial charge in [-0.15, -0.1) is 0 Å². The van der Waals surface area contributed by atoms with Crippen LogP contribution in [0.4, 0.5) is 16.2 Å². The van der Waals surface area contributed by atoms with Crippen LogP contribution in [-0.2, 0) is 14.4 Å². The van der Waals surface area contributed by atoms with Crippen molar-refractivity contribution in [1.29, 1.82) is 0 Å². The summed E-state index contributed by atoms with van der Waals surface area (Å²) in [6.07, 6.45) is 1.32. The number of carbonyl (C=O) groups is 4. The van der Waals surface area contributed by atoms with Crippen LogP contribution in [0.2, 0.25) is 0 Å². The zero-order valence-corrected chi connectivity index (χ0v) is 23.5. The highest BCUT2D eigenvalue weighted by Crippen LogP contribution is 2.38. The number of ether oxygens (including phenoxy) is 2. The molecule has 4 rings (SSSR count). The Bertz CT molecular complexity index is 1530. The quantitative estimate of drug-likeness (QED) is 0.246. The Hall–Kier alpha value is -4.64. The third-order valence-electron chi connectivity index (χ3n) is 5.99. The van der Waals surface area contributed by atoms with E-state index in [9.17, 15) is 24.3 Å². The maximum atomic E-state index is 13.2. The number of imide groups is 2. The molecule has 1 saturated heterocycles. The summed E-state index contributed by atoms with van der Waals surface area (Å²) in [5, 5.41) is 14.5. The average molecular weight is 608 g/mol. The number of halogens is 1. The molecule has 3 aromatic carbocycles. The lowest BCUT2D eigenvalue weighted by atomic mass is 10.1. The third-order valence-corrected chi connectivity index (χ3v) is 6.58. The molecule has 1 aliphatic heterocycles. The molecular formula is C29H26BrN3O7. The fourth-order valence-corrected chi connectivity index (χ4v) is 4.46. The van der Waals surface area contributed by atoms with Crippen LogP contribution < -0.4 is 25.0 Å². The second-order valence-electron chi connectivity index (χ2n) is 8.87. The summed E-state index contributed by atoms with van der Waals surface area (Å²) in [6, 6.07) is 13.2. The first kappa shape index (κ1) is 28.4. The SMILES string of the molecule is CCOc1cc(/C=C2/C(=O)NC(=O)N(c3ccc(O)cc3)C2=O)cc(Br)c1OCC(=O)Nc1ccc(C)c(C)c1. The molecule has 0 radical (unpaired) electrons. The van der Waals surface area contributed by atoms with Gasteiger partial charge in [-0.2, -0.15) is 0 Å². The summed E-state index contributed by atoms with van der Waals surface area (Å²) in [4.78, 5) is 51.5. The first-order chi connectivity index (χ1) is 19.1. The fourth-order valence-electron chi connectivity index (χ4n) is 3.89. The van der Waals surface area contributed by atoms with Gasteiger partial charge in [0.2, 0.25) is 0 Å². The molecule has 1 fully saturated rings. The topological polar surface area (TPSA) is 134 Å². The number of carbonyl (C=O) groups excluding carboxylic acids is 4. The molecule has 0 unspecified atom stereocenters. The highest BCUT2D eigenvalue weighted by Gasteiger charge is 2.37. The number of nitrogens with one attached hydrogen (secondary N) is 2. The molecule has 11 heteroatoms. The Morgan fingerprint density at radius 3 is 2.42 bits per heavy atom. The number of benzene rings is 3. The number of nitrogens with zero attached hydrogens (tertiary/aromatic N) is 1. The lowest BCUT2D eigenvalue weighted by molar-refractivity contribution is -0.122. The van der Waals surface area contributed by atoms with Crippen molar-refractivity contribution in [3.63, 3.8) is 0 Å². The Morgan fingerprint density at radius 1 is 1.02 bits per heavy atom. The van der Waals surface area contributed by atoms with Crippen LogP contribution in [-0.4, -0.2) is 42.1 Å². The van der Waals surface area contributed by atoms with Crippen molar-refractivity contribution in [2.24, 2.45) is 0 Å². The second kappa shape index (κ2) is 12.0. The number of urea groups is 1. The van der Waals surface area contributed by atoms with E-state index in [2.05, 4.69) is 26.6 Å². The van der Waals surface area contributed by atoms with E-state index in [4.69, 9.17) is 9.47 Å². The Kier molecular flexibility index (Phi) is 8.54. The molecule has 0 saturated carbocycles. The second-order valence-corrected chi connectivity index (χ2v) is 9.73. The number of hydrogen-bond acceptors (Lipinski definition) is 7. The molecular weight excluding hydrogens is 582 g/mol. The number of phenols is 1. The first-order valence-corrected chi connectivity index (χ1v) is 13.0. The molecule has 0 aromatic heterocycles. The molecule has 3 aromatic rings. The van der Waals surface area contributed by atoms with E-state index in [1.807, 2.05) is 32.0 Å². The summed E-state index contributed by atoms with van der Waals surface area (Å²) >= 11 is 3.42. The monoisotopic (exact) mass is 607 g/mol. The van der Waals surface area contributed by atoms with E-state index in [0.717, 1.165) is 16.0 Å². The molecule has 0 spiro atoms. The molecule has 0 bridgehead atoms. The molecule has 0 atom stereocenters. The molecule has 40 heavy (non-hydrogen) atoms. The minimum absolute atomic E-state index is 0.0428. The van der Waals surface area contributed by atoms with E-state index in [0.29, 0.717) is 15.7 Å². The summed E-state index contributed by atoms with van der Waals surface area (Å²) < 4.78 is 11.9. The van der Waals surface area contributed by atoms with E-state index >= 15 is 0 Å². The lowest BCUT2D eigenvalue weighted by Crippen LogP contribution is -2.54. The Balaban J connectivity index is 1.57. The predicted molar refractivity (Wildman–Crippen MR) is 152 cm³/mol. The van der Waals surface area contributed by atoms with E-state index in [-0.39, 0.29) is 47.6 Å². The molecule has 1 aliphatic rings. The standard InChI is InChI=1S/C29H26BrN3O7/c1-4-39-24-14-18(12-22-27(36)32-29(38)33(28(22)37)20-7-9-21(34)10-8-20)13-23(30)26(24)40-15-25(35)31-19-6-5-16(2)17(3)11-19/h5-14,34H,4,15H2,1-3H3,(H,31,35)(H,32,36,38)/b22-12-. The van der Waals surface area contributed by atoms with E-state index in [1.165, 1.54) is 30.3 Å². The van der Waals surface area contributed by atoms with Crippen molar-refractivity contribution in [3.8, 4) is 17.2 Å². The van der Waals surface area contributed by atoms with Gasteiger partial charge in [-0.3, -0.25) is 19.7 Å². The predicted octanol–water partition coefficient (Wildman–Crippen LogP) is 4.85. The van der Waals surface area contributed by atoms with Gasteiger partial charge >= 0.3 is 6.03 Å². The molecule has 0 aliphatic carbocycles. The van der Waals surface area contributed by atoms with Crippen molar-refractivity contribution in [3.05, 3.63) is 81.3 Å². The van der Waals surface area contributed by atoms with Crippen LogP contribution >= 0.6 is 15.9 Å². The van der Waals surface area contributed by atoms with Crippen molar-refractivity contribution >= 4 is 57.1 Å². The van der Waals surface area contributed by atoms with Gasteiger partial charge in [0.15, 0.2) is 18.1 Å². The minimum Gasteiger partial charge on any atom is -0.508 e. The zero-order chi connectivity index (χ0) is 29.0. The van der Waals surface area contributed by atoms with Crippen molar-refractivity contribution in [2.45, 2.75) is 20.8 Å². The van der Waals surface area contributed by atoms with Crippen LogP contribution in [0.1, 0.15) is 23.6 Å². The number of hydrogen-bond donors (Lipinski definition) is 3. The van der Waals surface area contributed by atoms with E-state index in [1.54, 1.807) is 19.1 Å². The number of anilines is 2. The van der Waals surface area contributed by atoms with Crippen LogP contribution in [0, 0.1) is 13.8 Å².